The average Bonchev–Trinajstić information content (AvgIpc) is 2.01. The summed E-state index contributed by atoms with van der Waals surface area (Å²) in [6.07, 6.45) is -1.69. The third-order valence-electron chi connectivity index (χ3n) is 1.55. The van der Waals surface area contributed by atoms with Crippen molar-refractivity contribution < 1.29 is 39.2 Å². The fraction of sp³-hybridized carbons (Fsp3) is 0.500. The molecule has 0 saturated carbocycles. The van der Waals surface area contributed by atoms with E-state index < -0.39 is 35.1 Å². The highest BCUT2D eigenvalue weighted by atomic mass is 35.5. The van der Waals surface area contributed by atoms with Crippen molar-refractivity contribution in [3.63, 3.8) is 0 Å². The molecule has 0 radical (unpaired) electrons. The normalized spacial score (nSPS) is 18.6. The molecule has 4 N–H and O–H groups in total. The largest absolute Gasteiger partial charge is 0.481 e. The maximum atomic E-state index is 13.1. The Kier molecular flexibility index (Phi) is 3.61. The molecule has 0 aromatic rings. The van der Waals surface area contributed by atoms with E-state index in [1.165, 1.54) is 0 Å². The first-order chi connectivity index (χ1) is 6.55. The van der Waals surface area contributed by atoms with E-state index >= 15 is 0 Å². The summed E-state index contributed by atoms with van der Waals surface area (Å²) >= 11 is 4.66. The molecule has 0 bridgehead atoms. The fourth-order valence-corrected chi connectivity index (χ4v) is 0.864. The van der Waals surface area contributed by atoms with E-state index in [1.807, 2.05) is 0 Å². The number of rotatable bonds is 5. The Morgan fingerprint density at radius 2 is 1.53 bits per heavy atom. The zero-order valence-corrected chi connectivity index (χ0v) is 7.73. The highest BCUT2D eigenvalue weighted by Crippen LogP contribution is 2.34. The number of aliphatic carboxylic acids is 3. The molecule has 0 aliphatic rings. The van der Waals surface area contributed by atoms with Crippen molar-refractivity contribution in [2.75, 3.05) is 0 Å². The third kappa shape index (κ3) is 2.34. The molecule has 0 aromatic carbocycles. The molecule has 0 aliphatic heterocycles. The summed E-state index contributed by atoms with van der Waals surface area (Å²) in [6, 6.07) is 0. The standard InChI is InChI=1S/C6H6ClFO7/c7-6(8,4(13)14)5(15,3(11)12)1-2(9)10/h15H,1H2,(H,9,10)(H,11,12)(H,13,14). The van der Waals surface area contributed by atoms with Crippen molar-refractivity contribution in [2.45, 2.75) is 17.1 Å². The zero-order chi connectivity index (χ0) is 12.4. The van der Waals surface area contributed by atoms with Crippen LogP contribution in [0.15, 0.2) is 0 Å². The molecule has 0 fully saturated rings. The predicted molar refractivity (Wildman–Crippen MR) is 42.2 cm³/mol. The average molecular weight is 245 g/mol. The molecular formula is C6H6ClFO7. The summed E-state index contributed by atoms with van der Waals surface area (Å²) in [7, 11) is 0. The number of hydrogen-bond donors (Lipinski definition) is 4. The molecular weight excluding hydrogens is 239 g/mol. The molecule has 0 rings (SSSR count). The van der Waals surface area contributed by atoms with Crippen molar-refractivity contribution in [3.8, 4) is 0 Å². The molecule has 7 nitrogen and oxygen atoms in total. The van der Waals surface area contributed by atoms with E-state index in [1.54, 1.807) is 0 Å². The topological polar surface area (TPSA) is 132 Å². The minimum atomic E-state index is -4.13. The second-order valence-corrected chi connectivity index (χ2v) is 3.14. The lowest BCUT2D eigenvalue weighted by molar-refractivity contribution is -0.185. The second-order valence-electron chi connectivity index (χ2n) is 2.62. The lowest BCUT2D eigenvalue weighted by atomic mass is 9.93. The maximum absolute atomic E-state index is 13.1. The van der Waals surface area contributed by atoms with Crippen molar-refractivity contribution in [1.29, 1.82) is 0 Å². The summed E-state index contributed by atoms with van der Waals surface area (Å²) < 4.78 is 13.1. The van der Waals surface area contributed by atoms with Gasteiger partial charge >= 0.3 is 23.0 Å². The van der Waals surface area contributed by atoms with Crippen LogP contribution in [0.25, 0.3) is 0 Å². The van der Waals surface area contributed by atoms with Crippen molar-refractivity contribution in [1.82, 2.24) is 0 Å². The SMILES string of the molecule is O=C(O)CC(O)(C(=O)O)C(F)(Cl)C(=O)O. The van der Waals surface area contributed by atoms with Gasteiger partial charge < -0.3 is 20.4 Å². The van der Waals surface area contributed by atoms with Gasteiger partial charge in [-0.1, -0.05) is 11.6 Å². The van der Waals surface area contributed by atoms with E-state index in [0.717, 1.165) is 0 Å². The molecule has 15 heavy (non-hydrogen) atoms. The van der Waals surface area contributed by atoms with Gasteiger partial charge in [-0.2, -0.15) is 0 Å². The highest BCUT2D eigenvalue weighted by molar-refractivity contribution is 6.35. The van der Waals surface area contributed by atoms with Crippen LogP contribution in [0, 0.1) is 0 Å². The van der Waals surface area contributed by atoms with Gasteiger partial charge in [0.05, 0.1) is 6.42 Å². The van der Waals surface area contributed by atoms with Gasteiger partial charge in [0, 0.05) is 0 Å². The van der Waals surface area contributed by atoms with Crippen molar-refractivity contribution in [3.05, 3.63) is 0 Å². The lowest BCUT2D eigenvalue weighted by Crippen LogP contribution is -2.58. The second kappa shape index (κ2) is 3.99. The highest BCUT2D eigenvalue weighted by Gasteiger charge is 2.63. The van der Waals surface area contributed by atoms with E-state index in [2.05, 4.69) is 11.6 Å². The number of carboxylic acids is 3. The maximum Gasteiger partial charge on any atom is 0.361 e. The molecule has 0 amide bonds. The van der Waals surface area contributed by atoms with E-state index in [9.17, 15) is 18.8 Å². The van der Waals surface area contributed by atoms with Crippen molar-refractivity contribution >= 4 is 29.5 Å². The Morgan fingerprint density at radius 3 is 1.73 bits per heavy atom. The number of aliphatic hydroxyl groups is 1. The van der Waals surface area contributed by atoms with Crippen LogP contribution in [0.4, 0.5) is 4.39 Å². The Labute approximate surface area is 86.7 Å². The van der Waals surface area contributed by atoms with Crippen molar-refractivity contribution in [2.24, 2.45) is 0 Å². The predicted octanol–water partition coefficient (Wildman–Crippen LogP) is -0.734. The smallest absolute Gasteiger partial charge is 0.361 e. The number of hydrogen-bond acceptors (Lipinski definition) is 4. The van der Waals surface area contributed by atoms with Gasteiger partial charge in [0.2, 0.25) is 5.60 Å². The number of alkyl halides is 2. The molecule has 9 heteroatoms. The fourth-order valence-electron chi connectivity index (χ4n) is 0.717. The molecule has 2 unspecified atom stereocenters. The first-order valence-corrected chi connectivity index (χ1v) is 3.72. The Balaban J connectivity index is 5.38. The minimum absolute atomic E-state index is 1.69. The van der Waals surface area contributed by atoms with Crippen LogP contribution < -0.4 is 0 Å². The number of carbonyl (C=O) groups is 3. The van der Waals surface area contributed by atoms with Crippen LogP contribution in [0.3, 0.4) is 0 Å². The quantitative estimate of drug-likeness (QED) is 0.469. The van der Waals surface area contributed by atoms with Gasteiger partial charge in [0.25, 0.3) is 0 Å². The summed E-state index contributed by atoms with van der Waals surface area (Å²) in [5, 5.41) is 29.7. The Hall–Kier alpha value is -1.41. The molecule has 0 aromatic heterocycles. The Bertz CT molecular complexity index is 315. The molecule has 86 valence electrons. The molecule has 2 atom stereocenters. The summed E-state index contributed by atoms with van der Waals surface area (Å²) in [6.45, 7) is 0. The third-order valence-corrected chi connectivity index (χ3v) is 2.02. The van der Waals surface area contributed by atoms with Crippen LogP contribution in [0.2, 0.25) is 0 Å². The summed E-state index contributed by atoms with van der Waals surface area (Å²) in [5.41, 5.74) is -3.74. The first-order valence-electron chi connectivity index (χ1n) is 3.34. The molecule has 0 spiro atoms. The van der Waals surface area contributed by atoms with Crippen LogP contribution >= 0.6 is 11.6 Å². The lowest BCUT2D eigenvalue weighted by Gasteiger charge is -2.28. The van der Waals surface area contributed by atoms with Gasteiger partial charge in [-0.05, 0) is 0 Å². The van der Waals surface area contributed by atoms with Gasteiger partial charge in [-0.15, -0.1) is 0 Å². The van der Waals surface area contributed by atoms with Gasteiger partial charge in [0.1, 0.15) is 0 Å². The van der Waals surface area contributed by atoms with E-state index in [0.29, 0.717) is 0 Å². The van der Waals surface area contributed by atoms with Gasteiger partial charge in [-0.25, -0.2) is 14.0 Å². The first kappa shape index (κ1) is 13.6. The minimum Gasteiger partial charge on any atom is -0.481 e. The van der Waals surface area contributed by atoms with Crippen LogP contribution in [0.5, 0.6) is 0 Å². The molecule has 0 aliphatic carbocycles. The van der Waals surface area contributed by atoms with Gasteiger partial charge in [-0.3, -0.25) is 4.79 Å². The zero-order valence-electron chi connectivity index (χ0n) is 6.98. The van der Waals surface area contributed by atoms with Crippen LogP contribution in [-0.4, -0.2) is 49.1 Å². The van der Waals surface area contributed by atoms with Gasteiger partial charge in [0.15, 0.2) is 0 Å². The summed E-state index contributed by atoms with van der Waals surface area (Å²) in [4.78, 5) is 30.8. The monoisotopic (exact) mass is 244 g/mol. The van der Waals surface area contributed by atoms with E-state index in [4.69, 9.17) is 20.4 Å². The van der Waals surface area contributed by atoms with E-state index in [-0.39, 0.29) is 0 Å². The van der Waals surface area contributed by atoms with Crippen LogP contribution in [-0.2, 0) is 14.4 Å². The summed E-state index contributed by atoms with van der Waals surface area (Å²) in [5.74, 6) is -6.79. The number of halogens is 2. The Morgan fingerprint density at radius 1 is 1.13 bits per heavy atom. The molecule has 0 saturated heterocycles. The van der Waals surface area contributed by atoms with Crippen LogP contribution in [0.1, 0.15) is 6.42 Å². The molecule has 0 heterocycles. The number of carboxylic acid groups (broad SMARTS) is 3.